The van der Waals surface area contributed by atoms with E-state index in [0.29, 0.717) is 43.4 Å². The van der Waals surface area contributed by atoms with Gasteiger partial charge in [-0.25, -0.2) is 4.79 Å². The first kappa shape index (κ1) is 55.6. The van der Waals surface area contributed by atoms with E-state index in [1.54, 1.807) is 14.2 Å². The fourth-order valence-corrected chi connectivity index (χ4v) is 13.8. The number of benzene rings is 2. The maximum atomic E-state index is 15.1. The van der Waals surface area contributed by atoms with Gasteiger partial charge in [-0.1, -0.05) is 49.0 Å². The normalized spacial score (nSPS) is 30.6. The molecular formula is C56H75KN6O10. The largest absolute Gasteiger partial charge is 1.00 e. The number of nitrogens with one attached hydrogen (secondary N) is 1. The van der Waals surface area contributed by atoms with Crippen molar-refractivity contribution in [2.24, 2.45) is 5.92 Å². The summed E-state index contributed by atoms with van der Waals surface area (Å²) in [6, 6.07) is 11.6. The molecule has 10 atom stereocenters. The number of aromatic nitrogens is 1. The second-order valence-electron chi connectivity index (χ2n) is 21.4. The summed E-state index contributed by atoms with van der Waals surface area (Å²) < 4.78 is 23.4. The molecule has 0 radical (unpaired) electrons. The van der Waals surface area contributed by atoms with E-state index in [0.717, 1.165) is 111 Å². The first-order valence-corrected chi connectivity index (χ1v) is 26.3. The first-order valence-electron chi connectivity index (χ1n) is 26.3. The van der Waals surface area contributed by atoms with E-state index in [4.69, 9.17) is 18.9 Å². The summed E-state index contributed by atoms with van der Waals surface area (Å²) in [4.78, 5) is 64.1. The van der Waals surface area contributed by atoms with Crippen LogP contribution in [0.25, 0.3) is 10.9 Å². The SMILES string of the molecule is CN(CC=O)C(=O)OC1/C=C/CCCCC1.COC(=O)C1(c2cc3c(cc2OC)N(C)C(C([O-])COC(=O)C2CCCN2C)C32CCN3CC=CCC32)CC2CC(O)CN(CCc3c1[nH]c1ccccc31)C2.[K+]. The fourth-order valence-electron chi connectivity index (χ4n) is 13.8. The number of aliphatic hydroxyl groups excluding tert-OH is 1. The summed E-state index contributed by atoms with van der Waals surface area (Å²) in [6.45, 7) is 4.45. The molecule has 1 spiro atoms. The summed E-state index contributed by atoms with van der Waals surface area (Å²) in [5.74, 6) is -0.169. The minimum atomic E-state index is -1.32. The maximum absolute atomic E-state index is 15.1. The van der Waals surface area contributed by atoms with Crippen molar-refractivity contribution in [2.45, 2.75) is 124 Å². The van der Waals surface area contributed by atoms with Gasteiger partial charge in [0.05, 0.1) is 33.5 Å². The Kier molecular flexibility index (Phi) is 18.4. The Morgan fingerprint density at radius 2 is 1.82 bits per heavy atom. The number of aliphatic hydroxyl groups is 1. The van der Waals surface area contributed by atoms with Crippen molar-refractivity contribution in [3.05, 3.63) is 83.1 Å². The average molecular weight is 1030 g/mol. The molecule has 0 saturated carbocycles. The summed E-state index contributed by atoms with van der Waals surface area (Å²) in [5.41, 5.74) is 3.53. The van der Waals surface area contributed by atoms with Gasteiger partial charge in [0.25, 0.3) is 0 Å². The number of piperidine rings is 1. The summed E-state index contributed by atoms with van der Waals surface area (Å²) in [7, 11) is 8.58. The van der Waals surface area contributed by atoms with Crippen LogP contribution in [0, 0.1) is 5.92 Å². The number of allylic oxidation sites excluding steroid dienone is 1. The van der Waals surface area contributed by atoms with E-state index in [9.17, 15) is 24.6 Å². The van der Waals surface area contributed by atoms with Crippen molar-refractivity contribution in [2.75, 3.05) is 92.7 Å². The molecular weight excluding hydrogens is 956 g/mol. The summed E-state index contributed by atoms with van der Waals surface area (Å²) in [5, 5.41) is 27.1. The van der Waals surface area contributed by atoms with Gasteiger partial charge in [-0.2, -0.15) is 0 Å². The smallest absolute Gasteiger partial charge is 0.848 e. The standard InChI is InChI=1S/C44H56N5O7.C12H19NO3.K/c1-46-16-9-12-34(46)41(52)56-26-36(51)40-43(15-19-49-17-8-7-13-38(43)49)31-21-32(37(54-3)22-35(31)47(40)2)44(42(53)55-4)23-27-20-28(50)25-48(24-27)18-14-30-29-10-5-6-11-33(29)45-39(30)44;1-13(9-10-14)12(15)16-11-7-5-3-2-4-6-8-11;/h5-8,10-11,21-22,27-28,34,36,38,40,45,50H,9,12-20,23-26H2,1-4H3;5,7,10-11H,2-4,6,8-9H2,1H3;/q-1;;+1/b;7-5+;. The number of hydrogen-bond donors (Lipinski definition) is 2. The number of likely N-dealkylation sites (N-methyl/N-ethyl adjacent to an activating group) is 3. The van der Waals surface area contributed by atoms with Gasteiger partial charge in [-0.3, -0.25) is 19.4 Å². The van der Waals surface area contributed by atoms with Crippen LogP contribution in [0.5, 0.6) is 5.75 Å². The molecule has 390 valence electrons. The number of likely N-dealkylation sites (tertiary alicyclic amines) is 1. The van der Waals surface area contributed by atoms with Gasteiger partial charge < -0.3 is 53.6 Å². The van der Waals surface area contributed by atoms with Crippen molar-refractivity contribution < 1.29 is 99.7 Å². The Hall–Kier alpha value is -3.62. The van der Waals surface area contributed by atoms with E-state index in [2.05, 4.69) is 56.1 Å². The van der Waals surface area contributed by atoms with Gasteiger partial charge in [0, 0.05) is 91.7 Å². The quantitative estimate of drug-likeness (QED) is 0.0989. The summed E-state index contributed by atoms with van der Waals surface area (Å²) in [6.07, 6.45) is 17.1. The van der Waals surface area contributed by atoms with Crippen LogP contribution >= 0.6 is 0 Å². The molecule has 10 rings (SSSR count). The van der Waals surface area contributed by atoms with Crippen LogP contribution in [0.4, 0.5) is 10.5 Å². The number of para-hydroxylation sites is 1. The third kappa shape index (κ3) is 10.9. The van der Waals surface area contributed by atoms with E-state index in [1.165, 1.54) is 24.9 Å². The minimum absolute atomic E-state index is 0. The molecule has 2 bridgehead atoms. The van der Waals surface area contributed by atoms with Gasteiger partial charge in [0.1, 0.15) is 29.6 Å². The van der Waals surface area contributed by atoms with Gasteiger partial charge in [-0.05, 0) is 126 Å². The number of rotatable bonds is 10. The molecule has 10 unspecified atom stereocenters. The Bertz CT molecular complexity index is 2520. The predicted molar refractivity (Wildman–Crippen MR) is 272 cm³/mol. The van der Waals surface area contributed by atoms with Crippen LogP contribution in [0.1, 0.15) is 93.0 Å². The second kappa shape index (κ2) is 24.1. The van der Waals surface area contributed by atoms with Crippen molar-refractivity contribution in [3.63, 3.8) is 0 Å². The van der Waals surface area contributed by atoms with Crippen molar-refractivity contribution in [3.8, 4) is 5.75 Å². The number of anilines is 1. The number of fused-ring (bicyclic) bond motifs is 9. The molecule has 73 heavy (non-hydrogen) atoms. The molecule has 1 amide bonds. The van der Waals surface area contributed by atoms with Crippen molar-refractivity contribution in [1.82, 2.24) is 24.6 Å². The Balaban J connectivity index is 0.000000360. The number of methoxy groups -OCH3 is 2. The molecule has 17 heteroatoms. The zero-order valence-electron chi connectivity index (χ0n) is 43.9. The van der Waals surface area contributed by atoms with Crippen LogP contribution in [0.3, 0.4) is 0 Å². The van der Waals surface area contributed by atoms with Crippen LogP contribution < -0.4 is 66.1 Å². The van der Waals surface area contributed by atoms with Crippen molar-refractivity contribution in [1.29, 1.82) is 0 Å². The van der Waals surface area contributed by atoms with E-state index >= 15 is 4.79 Å². The molecule has 6 aliphatic heterocycles. The molecule has 1 aromatic heterocycles. The molecule has 7 aliphatic rings. The average Bonchev–Trinajstić information content (AvgIpc) is 4.14. The zero-order chi connectivity index (χ0) is 50.7. The molecule has 3 aromatic rings. The Labute approximate surface area is 473 Å². The number of ether oxygens (including phenoxy) is 4. The number of aldehydes is 1. The maximum Gasteiger partial charge on any atom is 1.00 e. The van der Waals surface area contributed by atoms with E-state index in [-0.39, 0.29) is 101 Å². The van der Waals surface area contributed by atoms with Gasteiger partial charge in [-0.15, -0.1) is 0 Å². The number of carbonyl (C=O) groups excluding carboxylic acids is 4. The number of hydrogen-bond acceptors (Lipinski definition) is 14. The number of carbonyl (C=O) groups is 4. The molecule has 1 aliphatic carbocycles. The first-order chi connectivity index (χ1) is 34.8. The fraction of sp³-hybridized carbons (Fsp3) is 0.607. The monoisotopic (exact) mass is 1030 g/mol. The molecule has 7 heterocycles. The van der Waals surface area contributed by atoms with Gasteiger partial charge in [0.15, 0.2) is 0 Å². The molecule has 2 N–H and O–H groups in total. The van der Waals surface area contributed by atoms with Gasteiger partial charge >= 0.3 is 69.4 Å². The second-order valence-corrected chi connectivity index (χ2v) is 21.4. The Morgan fingerprint density at radius 3 is 2.59 bits per heavy atom. The third-order valence-corrected chi connectivity index (χ3v) is 17.1. The van der Waals surface area contributed by atoms with E-state index < -0.39 is 35.2 Å². The topological polar surface area (TPSA) is 180 Å². The van der Waals surface area contributed by atoms with Gasteiger partial charge in [0.2, 0.25) is 0 Å². The molecule has 3 fully saturated rings. The van der Waals surface area contributed by atoms with Crippen LogP contribution in [-0.4, -0.2) is 178 Å². The number of esters is 2. The third-order valence-electron chi connectivity index (χ3n) is 17.1. The predicted octanol–water partition coefficient (Wildman–Crippen LogP) is 1.87. The van der Waals surface area contributed by atoms with Crippen molar-refractivity contribution >= 4 is 40.9 Å². The number of amides is 1. The Morgan fingerprint density at radius 1 is 1.00 bits per heavy atom. The minimum Gasteiger partial charge on any atom is -0.848 e. The molecule has 2 aromatic carbocycles. The number of H-pyrrole nitrogens is 1. The summed E-state index contributed by atoms with van der Waals surface area (Å²) >= 11 is 0. The van der Waals surface area contributed by atoms with E-state index in [1.807, 2.05) is 43.3 Å². The van der Waals surface area contributed by atoms with Crippen LogP contribution in [0.15, 0.2) is 60.7 Å². The molecule has 16 nitrogen and oxygen atoms in total. The molecule has 3 saturated heterocycles. The number of aromatic amines is 1. The zero-order valence-corrected chi connectivity index (χ0v) is 47.0. The van der Waals surface area contributed by atoms with Crippen LogP contribution in [0.2, 0.25) is 0 Å². The number of nitrogens with zero attached hydrogens (tertiary/aromatic N) is 5. The van der Waals surface area contributed by atoms with Crippen LogP contribution in [-0.2, 0) is 45.8 Å².